The van der Waals surface area contributed by atoms with Crippen LogP contribution in [0.15, 0.2) is 18.2 Å². The van der Waals surface area contributed by atoms with E-state index in [4.69, 9.17) is 10.5 Å². The first-order chi connectivity index (χ1) is 11.7. The van der Waals surface area contributed by atoms with Crippen molar-refractivity contribution in [3.05, 3.63) is 23.8 Å². The predicted molar refractivity (Wildman–Crippen MR) is 94.5 cm³/mol. The number of hydrogen-bond acceptors (Lipinski definition) is 5. The minimum atomic E-state index is -2.99. The summed E-state index contributed by atoms with van der Waals surface area (Å²) in [5, 5.41) is 4.93. The Kier molecular flexibility index (Phi) is 10.5. The Morgan fingerprint density at radius 2 is 1.88 bits per heavy atom. The van der Waals surface area contributed by atoms with Gasteiger partial charge in [0.1, 0.15) is 11.5 Å². The van der Waals surface area contributed by atoms with Crippen molar-refractivity contribution in [1.82, 2.24) is 10.6 Å². The standard InChI is InChI=1S/C16H23F2N3O4.ClH/c1-9(2)14(19)15(23)21-8-13(22)20-7-10-6-11(24-3)4-5-12(10)25-16(17)18;/h4-6,9,14,16H,7-8,19H2,1-3H3,(H,20,22)(H,21,23);1H/t14-;/m0./s1. The number of nitrogens with one attached hydrogen (secondary N) is 2. The van der Waals surface area contributed by atoms with E-state index in [9.17, 15) is 18.4 Å². The van der Waals surface area contributed by atoms with Crippen LogP contribution in [-0.2, 0) is 16.1 Å². The van der Waals surface area contributed by atoms with E-state index in [0.29, 0.717) is 11.3 Å². The summed E-state index contributed by atoms with van der Waals surface area (Å²) in [5.74, 6) is -0.624. The summed E-state index contributed by atoms with van der Waals surface area (Å²) in [6.07, 6.45) is 0. The third kappa shape index (κ3) is 7.83. The number of amides is 2. The molecule has 10 heteroatoms. The lowest BCUT2D eigenvalue weighted by Gasteiger charge is -2.16. The summed E-state index contributed by atoms with van der Waals surface area (Å²) in [5.41, 5.74) is 5.98. The maximum absolute atomic E-state index is 12.4. The molecule has 0 radical (unpaired) electrons. The molecule has 0 saturated carbocycles. The van der Waals surface area contributed by atoms with Crippen molar-refractivity contribution in [2.24, 2.45) is 11.7 Å². The molecule has 0 fully saturated rings. The summed E-state index contributed by atoms with van der Waals surface area (Å²) in [7, 11) is 1.43. The minimum Gasteiger partial charge on any atom is -0.497 e. The summed E-state index contributed by atoms with van der Waals surface area (Å²) in [6, 6.07) is 3.56. The number of methoxy groups -OCH3 is 1. The Balaban J connectivity index is 0.00000625. The fourth-order valence-electron chi connectivity index (χ4n) is 1.88. The average Bonchev–Trinajstić information content (AvgIpc) is 2.57. The molecule has 0 aliphatic carbocycles. The van der Waals surface area contributed by atoms with Gasteiger partial charge < -0.3 is 25.8 Å². The van der Waals surface area contributed by atoms with Crippen molar-refractivity contribution < 1.29 is 27.8 Å². The van der Waals surface area contributed by atoms with Crippen molar-refractivity contribution >= 4 is 24.2 Å². The fraction of sp³-hybridized carbons (Fsp3) is 0.500. The van der Waals surface area contributed by atoms with E-state index in [2.05, 4.69) is 15.4 Å². The molecule has 148 valence electrons. The van der Waals surface area contributed by atoms with Crippen molar-refractivity contribution in [2.75, 3.05) is 13.7 Å². The first kappa shape index (κ1) is 23.9. The van der Waals surface area contributed by atoms with E-state index < -0.39 is 24.5 Å². The molecular weight excluding hydrogens is 372 g/mol. The number of alkyl halides is 2. The van der Waals surface area contributed by atoms with Crippen LogP contribution in [0.4, 0.5) is 8.78 Å². The van der Waals surface area contributed by atoms with E-state index in [1.165, 1.54) is 25.3 Å². The van der Waals surface area contributed by atoms with Crippen LogP contribution in [0.1, 0.15) is 19.4 Å². The van der Waals surface area contributed by atoms with Gasteiger partial charge in [-0.3, -0.25) is 9.59 Å². The second-order valence-electron chi connectivity index (χ2n) is 5.62. The number of hydrogen-bond donors (Lipinski definition) is 3. The van der Waals surface area contributed by atoms with E-state index in [1.807, 2.05) is 0 Å². The summed E-state index contributed by atoms with van der Waals surface area (Å²) < 4.78 is 34.3. The van der Waals surface area contributed by atoms with Crippen LogP contribution < -0.4 is 25.8 Å². The zero-order chi connectivity index (χ0) is 19.0. The molecule has 0 saturated heterocycles. The fourth-order valence-corrected chi connectivity index (χ4v) is 1.88. The Labute approximate surface area is 157 Å². The lowest BCUT2D eigenvalue weighted by atomic mass is 10.1. The topological polar surface area (TPSA) is 103 Å². The van der Waals surface area contributed by atoms with Gasteiger partial charge in [-0.1, -0.05) is 13.8 Å². The Bertz CT molecular complexity index is 603. The maximum atomic E-state index is 12.4. The number of carbonyl (C=O) groups is 2. The van der Waals surface area contributed by atoms with Gasteiger partial charge in [-0.2, -0.15) is 8.78 Å². The molecule has 7 nitrogen and oxygen atoms in total. The lowest BCUT2D eigenvalue weighted by molar-refractivity contribution is -0.127. The molecule has 1 rings (SSSR count). The Morgan fingerprint density at radius 3 is 2.42 bits per heavy atom. The van der Waals surface area contributed by atoms with Gasteiger partial charge in [-0.05, 0) is 24.1 Å². The number of nitrogens with two attached hydrogens (primary N) is 1. The van der Waals surface area contributed by atoms with E-state index in [0.717, 1.165) is 0 Å². The van der Waals surface area contributed by atoms with Crippen LogP contribution in [-0.4, -0.2) is 38.1 Å². The maximum Gasteiger partial charge on any atom is 0.387 e. The summed E-state index contributed by atoms with van der Waals surface area (Å²) in [4.78, 5) is 23.5. The van der Waals surface area contributed by atoms with Crippen molar-refractivity contribution in [1.29, 1.82) is 0 Å². The molecule has 4 N–H and O–H groups in total. The van der Waals surface area contributed by atoms with Gasteiger partial charge in [0.15, 0.2) is 0 Å². The van der Waals surface area contributed by atoms with Crippen LogP contribution in [0, 0.1) is 5.92 Å². The highest BCUT2D eigenvalue weighted by Crippen LogP contribution is 2.25. The smallest absolute Gasteiger partial charge is 0.387 e. The van der Waals surface area contributed by atoms with Crippen LogP contribution in [0.5, 0.6) is 11.5 Å². The number of rotatable bonds is 9. The SMILES string of the molecule is COc1ccc(OC(F)F)c(CNC(=O)CNC(=O)[C@@H](N)C(C)C)c1.Cl. The molecule has 1 aromatic rings. The van der Waals surface area contributed by atoms with Gasteiger partial charge >= 0.3 is 6.61 Å². The monoisotopic (exact) mass is 395 g/mol. The molecule has 1 aromatic carbocycles. The summed E-state index contributed by atoms with van der Waals surface area (Å²) >= 11 is 0. The molecule has 0 unspecified atom stereocenters. The molecule has 0 bridgehead atoms. The lowest BCUT2D eigenvalue weighted by Crippen LogP contribution is -2.47. The van der Waals surface area contributed by atoms with E-state index in [-0.39, 0.29) is 37.2 Å². The summed E-state index contributed by atoms with van der Waals surface area (Å²) in [6.45, 7) is 0.257. The number of ether oxygens (including phenoxy) is 2. The number of carbonyl (C=O) groups excluding carboxylic acids is 2. The van der Waals surface area contributed by atoms with Crippen molar-refractivity contribution in [2.45, 2.75) is 33.0 Å². The van der Waals surface area contributed by atoms with Crippen LogP contribution in [0.3, 0.4) is 0 Å². The number of benzene rings is 1. The van der Waals surface area contributed by atoms with Gasteiger partial charge in [-0.15, -0.1) is 12.4 Å². The molecule has 0 aliphatic rings. The highest BCUT2D eigenvalue weighted by Gasteiger charge is 2.18. The average molecular weight is 396 g/mol. The van der Waals surface area contributed by atoms with Gasteiger partial charge in [-0.25, -0.2) is 0 Å². The van der Waals surface area contributed by atoms with Gasteiger partial charge in [0.05, 0.1) is 19.7 Å². The second-order valence-corrected chi connectivity index (χ2v) is 5.62. The van der Waals surface area contributed by atoms with E-state index in [1.54, 1.807) is 13.8 Å². The first-order valence-corrected chi connectivity index (χ1v) is 7.66. The van der Waals surface area contributed by atoms with Gasteiger partial charge in [0, 0.05) is 12.1 Å². The first-order valence-electron chi connectivity index (χ1n) is 7.66. The third-order valence-corrected chi connectivity index (χ3v) is 3.40. The quantitative estimate of drug-likeness (QED) is 0.587. The largest absolute Gasteiger partial charge is 0.497 e. The van der Waals surface area contributed by atoms with E-state index >= 15 is 0 Å². The Morgan fingerprint density at radius 1 is 1.23 bits per heavy atom. The molecule has 0 aromatic heterocycles. The molecule has 26 heavy (non-hydrogen) atoms. The molecule has 0 aliphatic heterocycles. The normalized spacial score (nSPS) is 11.5. The molecule has 0 spiro atoms. The molecule has 0 heterocycles. The second kappa shape index (κ2) is 11.5. The zero-order valence-corrected chi connectivity index (χ0v) is 15.6. The van der Waals surface area contributed by atoms with Crippen molar-refractivity contribution in [3.63, 3.8) is 0 Å². The van der Waals surface area contributed by atoms with Crippen molar-refractivity contribution in [3.8, 4) is 11.5 Å². The molecular formula is C16H24ClF2N3O4. The van der Waals surface area contributed by atoms with Crippen LogP contribution >= 0.6 is 12.4 Å². The Hall–Kier alpha value is -2.13. The van der Waals surface area contributed by atoms with Crippen LogP contribution in [0.2, 0.25) is 0 Å². The predicted octanol–water partition coefficient (Wildman–Crippen LogP) is 1.43. The number of halogens is 3. The third-order valence-electron chi connectivity index (χ3n) is 3.40. The highest BCUT2D eigenvalue weighted by atomic mass is 35.5. The van der Waals surface area contributed by atoms with Gasteiger partial charge in [0.2, 0.25) is 11.8 Å². The molecule has 2 amide bonds. The molecule has 1 atom stereocenters. The minimum absolute atomic E-state index is 0. The van der Waals surface area contributed by atoms with Gasteiger partial charge in [0.25, 0.3) is 0 Å². The highest BCUT2D eigenvalue weighted by molar-refractivity contribution is 5.87. The zero-order valence-electron chi connectivity index (χ0n) is 14.8. The van der Waals surface area contributed by atoms with Crippen LogP contribution in [0.25, 0.3) is 0 Å².